The average Bonchev–Trinajstić information content (AvgIpc) is 2.31. The molecule has 0 heterocycles. The molecule has 0 amide bonds. The van der Waals surface area contributed by atoms with Gasteiger partial charge in [-0.25, -0.2) is 0 Å². The standard InChI is InChI=1S/C11H14Cl2N2O3/c12-9-6-8(15(17)18)7-10(13)11(9)14-4-2-1-3-5-16/h6-7,14,16H,1-5H2. The highest BCUT2D eigenvalue weighted by Gasteiger charge is 2.13. The molecule has 0 saturated carbocycles. The summed E-state index contributed by atoms with van der Waals surface area (Å²) in [5.41, 5.74) is 0.378. The van der Waals surface area contributed by atoms with Crippen LogP contribution in [0.5, 0.6) is 0 Å². The molecule has 0 aliphatic rings. The predicted molar refractivity (Wildman–Crippen MR) is 72.5 cm³/mol. The van der Waals surface area contributed by atoms with Crippen LogP contribution in [0.25, 0.3) is 0 Å². The number of nitrogens with zero attached hydrogens (tertiary/aromatic N) is 1. The Balaban J connectivity index is 2.63. The molecule has 1 rings (SSSR count). The van der Waals surface area contributed by atoms with E-state index in [9.17, 15) is 10.1 Å². The zero-order valence-electron chi connectivity index (χ0n) is 9.66. The van der Waals surface area contributed by atoms with Crippen molar-refractivity contribution in [1.29, 1.82) is 0 Å². The summed E-state index contributed by atoms with van der Waals surface area (Å²) < 4.78 is 0. The topological polar surface area (TPSA) is 75.4 Å². The highest BCUT2D eigenvalue weighted by atomic mass is 35.5. The quantitative estimate of drug-likeness (QED) is 0.458. The summed E-state index contributed by atoms with van der Waals surface area (Å²) >= 11 is 11.9. The summed E-state index contributed by atoms with van der Waals surface area (Å²) in [5, 5.41) is 22.7. The van der Waals surface area contributed by atoms with E-state index < -0.39 is 4.92 Å². The number of hydrogen-bond acceptors (Lipinski definition) is 4. The Morgan fingerprint density at radius 3 is 2.33 bits per heavy atom. The molecule has 100 valence electrons. The van der Waals surface area contributed by atoms with Gasteiger partial charge in [0.2, 0.25) is 0 Å². The third-order valence-corrected chi connectivity index (χ3v) is 2.97. The Morgan fingerprint density at radius 2 is 1.83 bits per heavy atom. The van der Waals surface area contributed by atoms with Gasteiger partial charge in [0.05, 0.1) is 20.7 Å². The van der Waals surface area contributed by atoms with Gasteiger partial charge in [-0.2, -0.15) is 0 Å². The van der Waals surface area contributed by atoms with Crippen LogP contribution in [0.2, 0.25) is 10.0 Å². The number of aliphatic hydroxyl groups excluding tert-OH is 1. The van der Waals surface area contributed by atoms with Crippen LogP contribution in [0.4, 0.5) is 11.4 Å². The number of benzene rings is 1. The first-order valence-electron chi connectivity index (χ1n) is 5.54. The van der Waals surface area contributed by atoms with Crippen LogP contribution in [-0.2, 0) is 0 Å². The molecule has 0 saturated heterocycles. The number of hydrogen-bond donors (Lipinski definition) is 2. The van der Waals surface area contributed by atoms with Crippen molar-refractivity contribution in [2.24, 2.45) is 0 Å². The molecule has 0 spiro atoms. The third-order valence-electron chi connectivity index (χ3n) is 2.37. The van der Waals surface area contributed by atoms with E-state index in [1.165, 1.54) is 12.1 Å². The number of anilines is 1. The first-order valence-corrected chi connectivity index (χ1v) is 6.30. The SMILES string of the molecule is O=[N+]([O-])c1cc(Cl)c(NCCCCCO)c(Cl)c1. The minimum absolute atomic E-state index is 0.129. The first kappa shape index (κ1) is 15.0. The molecule has 1 aromatic carbocycles. The molecule has 0 unspecified atom stereocenters. The molecule has 1 aromatic rings. The first-order chi connectivity index (χ1) is 8.56. The van der Waals surface area contributed by atoms with Crippen LogP contribution >= 0.6 is 23.2 Å². The van der Waals surface area contributed by atoms with Gasteiger partial charge in [0.25, 0.3) is 5.69 Å². The maximum atomic E-state index is 10.6. The smallest absolute Gasteiger partial charge is 0.272 e. The normalized spacial score (nSPS) is 10.4. The van der Waals surface area contributed by atoms with E-state index in [0.29, 0.717) is 12.2 Å². The molecule has 0 fully saturated rings. The lowest BCUT2D eigenvalue weighted by Crippen LogP contribution is -2.03. The molecule has 2 N–H and O–H groups in total. The fourth-order valence-corrected chi connectivity index (χ4v) is 2.07. The minimum atomic E-state index is -0.539. The number of nitro groups is 1. The molecule has 18 heavy (non-hydrogen) atoms. The van der Waals surface area contributed by atoms with Gasteiger partial charge in [0, 0.05) is 25.3 Å². The van der Waals surface area contributed by atoms with Gasteiger partial charge in [-0.1, -0.05) is 23.2 Å². The number of aliphatic hydroxyl groups is 1. The van der Waals surface area contributed by atoms with Crippen molar-refractivity contribution in [3.8, 4) is 0 Å². The Labute approximate surface area is 115 Å². The summed E-state index contributed by atoms with van der Waals surface area (Å²) in [6, 6.07) is 2.53. The van der Waals surface area contributed by atoms with Crippen LogP contribution in [0.15, 0.2) is 12.1 Å². The van der Waals surface area contributed by atoms with Crippen molar-refractivity contribution < 1.29 is 10.0 Å². The van der Waals surface area contributed by atoms with Crippen LogP contribution in [-0.4, -0.2) is 23.2 Å². The Bertz CT molecular complexity index is 404. The molecular weight excluding hydrogens is 279 g/mol. The molecule has 7 heteroatoms. The van der Waals surface area contributed by atoms with Crippen molar-refractivity contribution in [2.75, 3.05) is 18.5 Å². The molecular formula is C11H14Cl2N2O3. The summed E-state index contributed by atoms with van der Waals surface area (Å²) in [5.74, 6) is 0. The Hall–Kier alpha value is -1.04. The fourth-order valence-electron chi connectivity index (χ4n) is 1.46. The van der Waals surface area contributed by atoms with Crippen LogP contribution in [0.3, 0.4) is 0 Å². The van der Waals surface area contributed by atoms with Crippen LogP contribution in [0, 0.1) is 10.1 Å². The minimum Gasteiger partial charge on any atom is -0.396 e. The lowest BCUT2D eigenvalue weighted by atomic mass is 10.2. The molecule has 0 bridgehead atoms. The van der Waals surface area contributed by atoms with Crippen molar-refractivity contribution in [3.05, 3.63) is 32.3 Å². The van der Waals surface area contributed by atoms with Gasteiger partial charge < -0.3 is 10.4 Å². The summed E-state index contributed by atoms with van der Waals surface area (Å²) in [7, 11) is 0. The van der Waals surface area contributed by atoms with Crippen LogP contribution < -0.4 is 5.32 Å². The van der Waals surface area contributed by atoms with E-state index in [1.54, 1.807) is 0 Å². The van der Waals surface area contributed by atoms with Gasteiger partial charge in [-0.05, 0) is 19.3 Å². The Kier molecular flexibility index (Phi) is 6.18. The van der Waals surface area contributed by atoms with Gasteiger partial charge in [-0.3, -0.25) is 10.1 Å². The fraction of sp³-hybridized carbons (Fsp3) is 0.455. The van der Waals surface area contributed by atoms with Crippen molar-refractivity contribution in [1.82, 2.24) is 0 Å². The second-order valence-electron chi connectivity index (χ2n) is 3.75. The summed E-state index contributed by atoms with van der Waals surface area (Å²) in [6.45, 7) is 0.830. The molecule has 0 atom stereocenters. The van der Waals surface area contributed by atoms with Crippen LogP contribution in [0.1, 0.15) is 19.3 Å². The van der Waals surface area contributed by atoms with Crippen molar-refractivity contribution in [3.63, 3.8) is 0 Å². The van der Waals surface area contributed by atoms with E-state index in [2.05, 4.69) is 5.32 Å². The van der Waals surface area contributed by atoms with Gasteiger partial charge >= 0.3 is 0 Å². The summed E-state index contributed by atoms with van der Waals surface area (Å²) in [6.07, 6.45) is 2.51. The van der Waals surface area contributed by atoms with E-state index >= 15 is 0 Å². The van der Waals surface area contributed by atoms with E-state index in [-0.39, 0.29) is 22.3 Å². The molecule has 5 nitrogen and oxygen atoms in total. The van der Waals surface area contributed by atoms with Crippen molar-refractivity contribution in [2.45, 2.75) is 19.3 Å². The van der Waals surface area contributed by atoms with Gasteiger partial charge in [-0.15, -0.1) is 0 Å². The number of unbranched alkanes of at least 4 members (excludes halogenated alkanes) is 2. The average molecular weight is 293 g/mol. The van der Waals surface area contributed by atoms with E-state index in [0.717, 1.165) is 19.3 Å². The number of rotatable bonds is 7. The number of nitro benzene ring substituents is 1. The van der Waals surface area contributed by atoms with Gasteiger partial charge in [0.15, 0.2) is 0 Å². The Morgan fingerprint density at radius 1 is 1.22 bits per heavy atom. The highest BCUT2D eigenvalue weighted by Crippen LogP contribution is 2.34. The largest absolute Gasteiger partial charge is 0.396 e. The number of halogens is 2. The lowest BCUT2D eigenvalue weighted by molar-refractivity contribution is -0.384. The predicted octanol–water partition coefficient (Wildman–Crippen LogP) is 3.48. The maximum absolute atomic E-state index is 10.6. The second-order valence-corrected chi connectivity index (χ2v) is 4.57. The third kappa shape index (κ3) is 4.33. The highest BCUT2D eigenvalue weighted by molar-refractivity contribution is 6.39. The zero-order chi connectivity index (χ0) is 13.5. The summed E-state index contributed by atoms with van der Waals surface area (Å²) in [4.78, 5) is 10.1. The number of non-ortho nitro benzene ring substituents is 1. The van der Waals surface area contributed by atoms with Gasteiger partial charge in [0.1, 0.15) is 0 Å². The number of nitrogens with one attached hydrogen (secondary N) is 1. The molecule has 0 aromatic heterocycles. The lowest BCUT2D eigenvalue weighted by Gasteiger charge is -2.10. The molecule has 0 radical (unpaired) electrons. The zero-order valence-corrected chi connectivity index (χ0v) is 11.2. The van der Waals surface area contributed by atoms with E-state index in [4.69, 9.17) is 28.3 Å². The second kappa shape index (κ2) is 7.41. The maximum Gasteiger partial charge on any atom is 0.272 e. The monoisotopic (exact) mass is 292 g/mol. The van der Waals surface area contributed by atoms with Crippen molar-refractivity contribution >= 4 is 34.6 Å². The molecule has 0 aliphatic carbocycles. The van der Waals surface area contributed by atoms with E-state index in [1.807, 2.05) is 0 Å². The molecule has 0 aliphatic heterocycles.